The molecule has 2 aromatic heterocycles. The van der Waals surface area contributed by atoms with Crippen molar-refractivity contribution in [1.29, 1.82) is 0 Å². The lowest BCUT2D eigenvalue weighted by Crippen LogP contribution is -2.31. The molecule has 1 saturated heterocycles. The Kier molecular flexibility index (Phi) is 3.72. The van der Waals surface area contributed by atoms with E-state index in [1.807, 2.05) is 13.8 Å². The maximum atomic E-state index is 13.1. The van der Waals surface area contributed by atoms with Crippen LogP contribution in [0, 0.1) is 18.8 Å². The van der Waals surface area contributed by atoms with Crippen LogP contribution in [0.1, 0.15) is 37.3 Å². The quantitative estimate of drug-likeness (QED) is 0.872. The molecule has 0 bridgehead atoms. The van der Waals surface area contributed by atoms with Gasteiger partial charge in [-0.25, -0.2) is 13.4 Å². The van der Waals surface area contributed by atoms with Crippen molar-refractivity contribution in [2.24, 2.45) is 11.8 Å². The van der Waals surface area contributed by atoms with Crippen molar-refractivity contribution in [2.75, 3.05) is 13.1 Å². The highest BCUT2D eigenvalue weighted by molar-refractivity contribution is 7.89. The Balaban J connectivity index is 1.65. The molecule has 1 aliphatic carbocycles. The Morgan fingerprint density at radius 3 is 2.75 bits per heavy atom. The zero-order valence-electron chi connectivity index (χ0n) is 13.9. The molecule has 0 unspecified atom stereocenters. The van der Waals surface area contributed by atoms with Crippen LogP contribution in [-0.2, 0) is 16.6 Å². The summed E-state index contributed by atoms with van der Waals surface area (Å²) in [6.45, 7) is 5.27. The van der Waals surface area contributed by atoms with Crippen LogP contribution in [0.3, 0.4) is 0 Å². The molecule has 2 fully saturated rings. The summed E-state index contributed by atoms with van der Waals surface area (Å²) in [5.74, 6) is 2.46. The minimum atomic E-state index is -3.54. The number of hydrogen-bond donors (Lipinski definition) is 1. The van der Waals surface area contributed by atoms with E-state index < -0.39 is 10.0 Å². The summed E-state index contributed by atoms with van der Waals surface area (Å²) >= 11 is 0. The standard InChI is InChI=1S/C15H22N6O2S/c1-3-21-14(6-7-16-21)24(22,23)20-8-12(11-4-5-11)13(9-20)15-17-10(2)18-19-15/h6-7,11-13H,3-5,8-9H2,1-2H3,(H,17,18,19)/t12-,13+/m0/s1. The van der Waals surface area contributed by atoms with Gasteiger partial charge in [-0.15, -0.1) is 0 Å². The van der Waals surface area contributed by atoms with Gasteiger partial charge >= 0.3 is 0 Å². The van der Waals surface area contributed by atoms with E-state index in [1.165, 1.54) is 17.5 Å². The van der Waals surface area contributed by atoms with Crippen molar-refractivity contribution in [3.8, 4) is 0 Å². The average molecular weight is 350 g/mol. The fourth-order valence-corrected chi connectivity index (χ4v) is 5.36. The maximum Gasteiger partial charge on any atom is 0.260 e. The zero-order chi connectivity index (χ0) is 16.9. The first-order valence-electron chi connectivity index (χ1n) is 8.41. The van der Waals surface area contributed by atoms with Crippen LogP contribution in [0.25, 0.3) is 0 Å². The number of aromatic nitrogens is 5. The lowest BCUT2D eigenvalue weighted by molar-refractivity contribution is 0.420. The summed E-state index contributed by atoms with van der Waals surface area (Å²) in [5.41, 5.74) is 0. The lowest BCUT2D eigenvalue weighted by Gasteiger charge is -2.16. The van der Waals surface area contributed by atoms with E-state index >= 15 is 0 Å². The number of aryl methyl sites for hydroxylation is 2. The van der Waals surface area contributed by atoms with Gasteiger partial charge in [-0.3, -0.25) is 9.78 Å². The topological polar surface area (TPSA) is 96.8 Å². The van der Waals surface area contributed by atoms with Gasteiger partial charge in [-0.1, -0.05) is 0 Å². The molecule has 2 aliphatic rings. The molecule has 4 rings (SSSR count). The molecule has 1 saturated carbocycles. The number of H-pyrrole nitrogens is 1. The molecule has 9 heteroatoms. The van der Waals surface area contributed by atoms with Gasteiger partial charge in [0.15, 0.2) is 10.9 Å². The maximum absolute atomic E-state index is 13.1. The van der Waals surface area contributed by atoms with Crippen LogP contribution in [0.15, 0.2) is 17.3 Å². The van der Waals surface area contributed by atoms with Crippen LogP contribution in [0.2, 0.25) is 0 Å². The molecule has 3 heterocycles. The van der Waals surface area contributed by atoms with Crippen molar-refractivity contribution in [1.82, 2.24) is 29.3 Å². The number of hydrogen-bond acceptors (Lipinski definition) is 5. The lowest BCUT2D eigenvalue weighted by atomic mass is 9.91. The molecule has 2 atom stereocenters. The largest absolute Gasteiger partial charge is 0.263 e. The first-order valence-corrected chi connectivity index (χ1v) is 9.85. The van der Waals surface area contributed by atoms with Gasteiger partial charge in [0.25, 0.3) is 10.0 Å². The van der Waals surface area contributed by atoms with Gasteiger partial charge in [-0.05, 0) is 44.6 Å². The van der Waals surface area contributed by atoms with E-state index in [-0.39, 0.29) is 10.9 Å². The first-order chi connectivity index (χ1) is 11.5. The molecule has 8 nitrogen and oxygen atoms in total. The molecule has 0 amide bonds. The van der Waals surface area contributed by atoms with Gasteiger partial charge in [0.1, 0.15) is 5.82 Å². The molecule has 1 N–H and O–H groups in total. The van der Waals surface area contributed by atoms with E-state index in [2.05, 4.69) is 20.3 Å². The Labute approximate surface area is 141 Å². The van der Waals surface area contributed by atoms with E-state index in [0.717, 1.165) is 11.6 Å². The summed E-state index contributed by atoms with van der Waals surface area (Å²) in [6, 6.07) is 1.58. The minimum absolute atomic E-state index is 0.0650. The highest BCUT2D eigenvalue weighted by Gasteiger charge is 2.48. The number of nitrogens with zero attached hydrogens (tertiary/aromatic N) is 5. The summed E-state index contributed by atoms with van der Waals surface area (Å²) in [7, 11) is -3.54. The van der Waals surface area contributed by atoms with Crippen molar-refractivity contribution in [3.05, 3.63) is 23.9 Å². The van der Waals surface area contributed by atoms with Gasteiger partial charge in [-0.2, -0.15) is 14.5 Å². The second-order valence-electron chi connectivity index (χ2n) is 6.69. The molecule has 130 valence electrons. The van der Waals surface area contributed by atoms with E-state index in [9.17, 15) is 8.42 Å². The highest BCUT2D eigenvalue weighted by Crippen LogP contribution is 2.47. The van der Waals surface area contributed by atoms with Gasteiger partial charge in [0.2, 0.25) is 0 Å². The molecular weight excluding hydrogens is 328 g/mol. The second kappa shape index (κ2) is 5.66. The molecule has 0 radical (unpaired) electrons. The molecule has 0 spiro atoms. The third-order valence-electron chi connectivity index (χ3n) is 5.09. The van der Waals surface area contributed by atoms with Crippen LogP contribution < -0.4 is 0 Å². The zero-order valence-corrected chi connectivity index (χ0v) is 14.7. The van der Waals surface area contributed by atoms with Gasteiger partial charge < -0.3 is 0 Å². The highest BCUT2D eigenvalue weighted by atomic mass is 32.2. The Morgan fingerprint density at radius 2 is 2.12 bits per heavy atom. The summed E-state index contributed by atoms with van der Waals surface area (Å²) in [4.78, 5) is 4.46. The van der Waals surface area contributed by atoms with Crippen molar-refractivity contribution in [3.63, 3.8) is 0 Å². The molecular formula is C15H22N6O2S. The van der Waals surface area contributed by atoms with Crippen molar-refractivity contribution in [2.45, 2.75) is 44.2 Å². The van der Waals surface area contributed by atoms with Crippen LogP contribution in [-0.4, -0.2) is 50.8 Å². The van der Waals surface area contributed by atoms with Gasteiger partial charge in [0, 0.05) is 25.6 Å². The van der Waals surface area contributed by atoms with E-state index in [0.29, 0.717) is 31.5 Å². The monoisotopic (exact) mass is 350 g/mol. The fraction of sp³-hybridized carbons (Fsp3) is 0.667. The van der Waals surface area contributed by atoms with Crippen LogP contribution >= 0.6 is 0 Å². The summed E-state index contributed by atoms with van der Waals surface area (Å²) in [5, 5.41) is 11.5. The third kappa shape index (κ3) is 2.55. The molecule has 1 aliphatic heterocycles. The number of aromatic amines is 1. The third-order valence-corrected chi connectivity index (χ3v) is 6.94. The normalized spacial score (nSPS) is 25.4. The van der Waals surface area contributed by atoms with Crippen molar-refractivity contribution >= 4 is 10.0 Å². The van der Waals surface area contributed by atoms with Crippen LogP contribution in [0.4, 0.5) is 0 Å². The predicted molar refractivity (Wildman–Crippen MR) is 86.7 cm³/mol. The second-order valence-corrected chi connectivity index (χ2v) is 8.58. The average Bonchev–Trinajstić information content (AvgIpc) is 3.00. The number of rotatable bonds is 5. The Bertz CT molecular complexity index is 838. The first kappa shape index (κ1) is 15.8. The van der Waals surface area contributed by atoms with Crippen LogP contribution in [0.5, 0.6) is 0 Å². The molecule has 24 heavy (non-hydrogen) atoms. The summed E-state index contributed by atoms with van der Waals surface area (Å²) < 4.78 is 29.3. The predicted octanol–water partition coefficient (Wildman–Crippen LogP) is 1.14. The van der Waals surface area contributed by atoms with Crippen molar-refractivity contribution < 1.29 is 8.42 Å². The number of nitrogens with one attached hydrogen (secondary N) is 1. The molecule has 2 aromatic rings. The van der Waals surface area contributed by atoms with Gasteiger partial charge in [0.05, 0.1) is 6.20 Å². The minimum Gasteiger partial charge on any atom is -0.263 e. The summed E-state index contributed by atoms with van der Waals surface area (Å²) in [6.07, 6.45) is 3.89. The smallest absolute Gasteiger partial charge is 0.260 e. The molecule has 0 aromatic carbocycles. The van der Waals surface area contributed by atoms with E-state index in [1.54, 1.807) is 16.6 Å². The number of sulfonamides is 1. The Hall–Kier alpha value is -1.74. The SMILES string of the molecule is CCn1nccc1S(=O)(=O)N1C[C@@H](c2n[nH]c(C)n2)[C@H](C2CC2)C1. The Morgan fingerprint density at radius 1 is 1.33 bits per heavy atom. The fourth-order valence-electron chi connectivity index (χ4n) is 3.70. The van der Waals surface area contributed by atoms with E-state index in [4.69, 9.17) is 0 Å².